The Morgan fingerprint density at radius 2 is 0.826 bits per heavy atom. The Kier molecular flexibility index (Phi) is 48.2. The second kappa shape index (κ2) is 50.8. The van der Waals surface area contributed by atoms with E-state index in [-0.39, 0.29) is 38.6 Å². The quantitative estimate of drug-likeness (QED) is 0.0211. The van der Waals surface area contributed by atoms with Crippen LogP contribution in [0.2, 0.25) is 0 Å². The lowest BCUT2D eigenvalue weighted by Gasteiger charge is -2.25. The van der Waals surface area contributed by atoms with Gasteiger partial charge in [0.2, 0.25) is 0 Å². The minimum atomic E-state index is -1.52. The molecule has 0 bridgehead atoms. The largest absolute Gasteiger partial charge is 0.477 e. The number of hydrogen-bond acceptors (Lipinski definition) is 7. The molecule has 0 aromatic heterocycles. The molecule has 9 nitrogen and oxygen atoms in total. The summed E-state index contributed by atoms with van der Waals surface area (Å²) in [7, 11) is 5.96. The van der Waals surface area contributed by atoms with Crippen LogP contribution in [0.15, 0.2) is 85.1 Å². The third kappa shape index (κ3) is 52.1. The van der Waals surface area contributed by atoms with Gasteiger partial charge in [0, 0.05) is 12.8 Å². The molecule has 0 amide bonds. The maximum absolute atomic E-state index is 12.9. The number of carbonyl (C=O) groups is 3. The number of quaternary nitrogens is 1. The van der Waals surface area contributed by atoms with Gasteiger partial charge in [-0.15, -0.1) is 0 Å². The SMILES string of the molecule is CC/C=C\C/C=C\C/C=C\C/C=C\C/C=C\C/C=C\CCCCCCCCCCCCC(=O)OC(COC(=O)CCCCCCC/C=C\CCCCCCCC)COC(OCC[N+](C)(C)C)C(=O)O. The average Bonchev–Trinajstić information content (AvgIpc) is 3.31. The second-order valence-corrected chi connectivity index (χ2v) is 19.5. The molecule has 0 aromatic rings. The zero-order valence-electron chi connectivity index (χ0n) is 44.9. The van der Waals surface area contributed by atoms with E-state index < -0.39 is 24.3 Å². The minimum absolute atomic E-state index is 0.182. The van der Waals surface area contributed by atoms with Crippen molar-refractivity contribution in [2.75, 3.05) is 47.5 Å². The van der Waals surface area contributed by atoms with Gasteiger partial charge in [0.05, 0.1) is 34.4 Å². The number of rotatable bonds is 50. The van der Waals surface area contributed by atoms with E-state index in [2.05, 4.69) is 98.9 Å². The van der Waals surface area contributed by atoms with Gasteiger partial charge in [0.1, 0.15) is 13.2 Å². The Bertz CT molecular complexity index is 1400. The van der Waals surface area contributed by atoms with Gasteiger partial charge in [-0.2, -0.15) is 0 Å². The predicted octanol–water partition coefficient (Wildman–Crippen LogP) is 16.0. The topological polar surface area (TPSA) is 108 Å². The van der Waals surface area contributed by atoms with Crippen molar-refractivity contribution in [3.63, 3.8) is 0 Å². The average molecular weight is 967 g/mol. The molecule has 0 heterocycles. The summed E-state index contributed by atoms with van der Waals surface area (Å²) in [6, 6.07) is 0. The Morgan fingerprint density at radius 1 is 0.449 bits per heavy atom. The third-order valence-corrected chi connectivity index (χ3v) is 11.6. The first kappa shape index (κ1) is 65.5. The number of nitrogens with zero attached hydrogens (tertiary/aromatic N) is 1. The van der Waals surface area contributed by atoms with Crippen LogP contribution in [0.25, 0.3) is 0 Å². The van der Waals surface area contributed by atoms with Crippen LogP contribution in [0, 0.1) is 0 Å². The van der Waals surface area contributed by atoms with Crippen LogP contribution in [0.4, 0.5) is 0 Å². The molecule has 0 saturated heterocycles. The molecule has 0 spiro atoms. The Hall–Kier alpha value is -3.53. The standard InChI is InChI=1S/C60H103NO8/c1-6-8-10-12-14-16-18-20-22-23-24-25-26-27-28-29-30-31-32-33-34-35-37-39-41-43-45-47-49-51-58(63)69-56(55-68-60(59(64)65)66-53-52-61(3,4)5)54-67-57(62)50-48-46-44-42-40-38-36-21-19-17-15-13-11-9-7-2/h8,10,14,16,20-22,24-25,27-28,30-31,36,56,60H,6-7,9,11-13,15,17-19,23,26,29,32-35,37-55H2,1-5H3/p+1/b10-8-,16-14-,22-20-,25-24-,28-27-,31-30-,36-21-. The Balaban J connectivity index is 4.27. The van der Waals surface area contributed by atoms with Crippen molar-refractivity contribution in [2.45, 2.75) is 232 Å². The molecular weight excluding hydrogens is 863 g/mol. The van der Waals surface area contributed by atoms with Crippen molar-refractivity contribution in [1.29, 1.82) is 0 Å². The van der Waals surface area contributed by atoms with E-state index in [4.69, 9.17) is 18.9 Å². The number of carboxylic acids is 1. The van der Waals surface area contributed by atoms with Gasteiger partial charge < -0.3 is 28.5 Å². The Morgan fingerprint density at radius 3 is 1.25 bits per heavy atom. The van der Waals surface area contributed by atoms with E-state index in [9.17, 15) is 19.5 Å². The number of carbonyl (C=O) groups excluding carboxylic acids is 2. The highest BCUT2D eigenvalue weighted by Gasteiger charge is 2.25. The second-order valence-electron chi connectivity index (χ2n) is 19.5. The number of carboxylic acid groups (broad SMARTS) is 1. The van der Waals surface area contributed by atoms with Gasteiger partial charge in [-0.3, -0.25) is 9.59 Å². The van der Waals surface area contributed by atoms with E-state index in [1.807, 2.05) is 21.1 Å². The van der Waals surface area contributed by atoms with Crippen LogP contribution >= 0.6 is 0 Å². The molecule has 1 N–H and O–H groups in total. The number of ether oxygens (including phenoxy) is 4. The lowest BCUT2D eigenvalue weighted by molar-refractivity contribution is -0.870. The van der Waals surface area contributed by atoms with E-state index in [0.717, 1.165) is 103 Å². The maximum Gasteiger partial charge on any atom is 0.361 e. The molecule has 0 aliphatic rings. The molecule has 396 valence electrons. The monoisotopic (exact) mass is 967 g/mol. The molecule has 0 aromatic carbocycles. The van der Waals surface area contributed by atoms with Crippen molar-refractivity contribution in [3.8, 4) is 0 Å². The van der Waals surface area contributed by atoms with Crippen LogP contribution in [0.1, 0.15) is 219 Å². The minimum Gasteiger partial charge on any atom is -0.477 e. The summed E-state index contributed by atoms with van der Waals surface area (Å²) in [5, 5.41) is 9.68. The molecular formula is C60H104NO8+. The van der Waals surface area contributed by atoms with Crippen molar-refractivity contribution in [2.24, 2.45) is 0 Å². The van der Waals surface area contributed by atoms with Gasteiger partial charge in [-0.05, 0) is 89.9 Å². The smallest absolute Gasteiger partial charge is 0.361 e. The fourth-order valence-corrected chi connectivity index (χ4v) is 7.36. The van der Waals surface area contributed by atoms with E-state index in [1.165, 1.54) is 83.5 Å². The van der Waals surface area contributed by atoms with Crippen LogP contribution in [0.3, 0.4) is 0 Å². The molecule has 2 atom stereocenters. The highest BCUT2D eigenvalue weighted by atomic mass is 16.7. The first-order valence-corrected chi connectivity index (χ1v) is 27.8. The molecule has 0 saturated carbocycles. The lowest BCUT2D eigenvalue weighted by atomic mass is 10.0. The molecule has 0 fully saturated rings. The van der Waals surface area contributed by atoms with Crippen LogP contribution in [-0.2, 0) is 33.3 Å². The van der Waals surface area contributed by atoms with Crippen molar-refractivity contribution in [3.05, 3.63) is 85.1 Å². The van der Waals surface area contributed by atoms with Crippen LogP contribution in [-0.4, -0.2) is 87.4 Å². The summed E-state index contributed by atoms with van der Waals surface area (Å²) in [4.78, 5) is 37.3. The van der Waals surface area contributed by atoms with Gasteiger partial charge in [0.15, 0.2) is 6.10 Å². The van der Waals surface area contributed by atoms with Gasteiger partial charge in [-0.1, -0.05) is 202 Å². The third-order valence-electron chi connectivity index (χ3n) is 11.6. The van der Waals surface area contributed by atoms with Crippen molar-refractivity contribution >= 4 is 17.9 Å². The first-order valence-electron chi connectivity index (χ1n) is 27.8. The van der Waals surface area contributed by atoms with Crippen LogP contribution in [0.5, 0.6) is 0 Å². The summed E-state index contributed by atoms with van der Waals surface area (Å²) in [6.45, 7) is 4.74. The number of hydrogen-bond donors (Lipinski definition) is 1. The van der Waals surface area contributed by atoms with E-state index in [0.29, 0.717) is 17.4 Å². The summed E-state index contributed by atoms with van der Waals surface area (Å²) in [5.41, 5.74) is 0. The predicted molar refractivity (Wildman–Crippen MR) is 290 cm³/mol. The summed E-state index contributed by atoms with van der Waals surface area (Å²) >= 11 is 0. The molecule has 0 rings (SSSR count). The van der Waals surface area contributed by atoms with E-state index in [1.54, 1.807) is 0 Å². The summed E-state index contributed by atoms with van der Waals surface area (Å²) in [5.74, 6) is -2.03. The number of esters is 2. The van der Waals surface area contributed by atoms with Gasteiger partial charge in [0.25, 0.3) is 6.29 Å². The molecule has 0 aliphatic heterocycles. The van der Waals surface area contributed by atoms with Crippen molar-refractivity contribution < 1.29 is 42.9 Å². The molecule has 9 heteroatoms. The fraction of sp³-hybridized carbons (Fsp3) is 0.717. The van der Waals surface area contributed by atoms with Gasteiger partial charge >= 0.3 is 17.9 Å². The summed E-state index contributed by atoms with van der Waals surface area (Å²) in [6.07, 6.45) is 63.7. The number of likely N-dealkylation sites (N-methyl/N-ethyl adjacent to an activating group) is 1. The highest BCUT2D eigenvalue weighted by molar-refractivity contribution is 5.71. The zero-order chi connectivity index (χ0) is 50.6. The fourth-order valence-electron chi connectivity index (χ4n) is 7.36. The molecule has 2 unspecified atom stereocenters. The summed E-state index contributed by atoms with van der Waals surface area (Å²) < 4.78 is 22.8. The Labute approximate surface area is 423 Å². The van der Waals surface area contributed by atoms with Crippen molar-refractivity contribution in [1.82, 2.24) is 0 Å². The number of aliphatic carboxylic acids is 1. The van der Waals surface area contributed by atoms with Gasteiger partial charge in [-0.25, -0.2) is 4.79 Å². The zero-order valence-corrected chi connectivity index (χ0v) is 44.9. The normalized spacial score (nSPS) is 13.5. The number of allylic oxidation sites excluding steroid dienone is 14. The van der Waals surface area contributed by atoms with E-state index >= 15 is 0 Å². The number of unbranched alkanes of at least 4 members (excludes halogenated alkanes) is 21. The molecule has 69 heavy (non-hydrogen) atoms. The first-order chi connectivity index (χ1) is 33.6. The highest BCUT2D eigenvalue weighted by Crippen LogP contribution is 2.15. The van der Waals surface area contributed by atoms with Crippen LogP contribution < -0.4 is 0 Å². The maximum atomic E-state index is 12.9. The molecule has 0 radical (unpaired) electrons. The molecule has 0 aliphatic carbocycles. The lowest BCUT2D eigenvalue weighted by Crippen LogP contribution is -2.40.